The average Bonchev–Trinajstić information content (AvgIpc) is 3.24. The normalized spacial score (nSPS) is 24.5. The molecule has 1 fully saturated rings. The molecule has 0 radical (unpaired) electrons. The summed E-state index contributed by atoms with van der Waals surface area (Å²) >= 11 is 0. The van der Waals surface area contributed by atoms with E-state index < -0.39 is 10.0 Å². The van der Waals surface area contributed by atoms with E-state index in [1.165, 1.54) is 4.31 Å². The molecule has 4 heteroatoms. The summed E-state index contributed by atoms with van der Waals surface area (Å²) in [4.78, 5) is 0.332. The second-order valence-electron chi connectivity index (χ2n) is 5.23. The lowest BCUT2D eigenvalue weighted by molar-refractivity contribution is 0.550. The van der Waals surface area contributed by atoms with Gasteiger partial charge in [0.1, 0.15) is 0 Å². The minimum atomic E-state index is -3.48. The van der Waals surface area contributed by atoms with Crippen molar-refractivity contribution in [3.8, 4) is 0 Å². The van der Waals surface area contributed by atoms with Crippen LogP contribution in [0.2, 0.25) is 0 Å². The lowest BCUT2D eigenvalue weighted by atomic mass is 10.1. The van der Waals surface area contributed by atoms with Gasteiger partial charge >= 0.3 is 0 Å². The Kier molecular flexibility index (Phi) is 3.43. The van der Waals surface area contributed by atoms with Gasteiger partial charge in [0, 0.05) is 0 Å². The maximum absolute atomic E-state index is 12.7. The van der Waals surface area contributed by atoms with Crippen LogP contribution < -0.4 is 0 Å². The first kappa shape index (κ1) is 14.0. The lowest BCUT2D eigenvalue weighted by Crippen LogP contribution is -2.14. The zero-order valence-corrected chi connectivity index (χ0v) is 12.6. The van der Waals surface area contributed by atoms with Crippen LogP contribution in [-0.4, -0.2) is 18.8 Å². The third-order valence-corrected chi connectivity index (χ3v) is 5.67. The van der Waals surface area contributed by atoms with Gasteiger partial charge in [0.05, 0.1) is 17.0 Å². The van der Waals surface area contributed by atoms with Gasteiger partial charge < -0.3 is 0 Å². The average molecular weight is 299 g/mol. The summed E-state index contributed by atoms with van der Waals surface area (Å²) in [5, 5.41) is 0. The largest absolute Gasteiger partial charge is 0.244 e. The molecule has 1 aliphatic rings. The van der Waals surface area contributed by atoms with Crippen LogP contribution in [0.25, 0.3) is 0 Å². The topological polar surface area (TPSA) is 37.1 Å². The molecular weight excluding hydrogens is 282 g/mol. The van der Waals surface area contributed by atoms with E-state index >= 15 is 0 Å². The first-order valence-electron chi connectivity index (χ1n) is 6.83. The van der Waals surface area contributed by atoms with E-state index in [1.807, 2.05) is 49.4 Å². The fourth-order valence-electron chi connectivity index (χ4n) is 2.60. The number of benzene rings is 2. The van der Waals surface area contributed by atoms with Crippen LogP contribution in [0.3, 0.4) is 0 Å². The summed E-state index contributed by atoms with van der Waals surface area (Å²) in [6.07, 6.45) is 1.70. The highest BCUT2D eigenvalue weighted by Gasteiger charge is 2.54. The highest BCUT2D eigenvalue weighted by atomic mass is 32.2. The van der Waals surface area contributed by atoms with Crippen molar-refractivity contribution in [1.82, 2.24) is 4.31 Å². The van der Waals surface area contributed by atoms with E-state index in [0.29, 0.717) is 4.90 Å². The zero-order chi connectivity index (χ0) is 15.0. The fraction of sp³-hybridized carbons (Fsp3) is 0.176. The molecule has 2 aromatic carbocycles. The van der Waals surface area contributed by atoms with E-state index in [2.05, 4.69) is 6.58 Å². The van der Waals surface area contributed by atoms with Crippen LogP contribution in [-0.2, 0) is 10.0 Å². The van der Waals surface area contributed by atoms with Gasteiger partial charge in [0.15, 0.2) is 0 Å². The van der Waals surface area contributed by atoms with Crippen LogP contribution in [0, 0.1) is 6.92 Å². The van der Waals surface area contributed by atoms with Gasteiger partial charge in [-0.2, -0.15) is 4.31 Å². The van der Waals surface area contributed by atoms with Crippen LogP contribution in [0.15, 0.2) is 72.1 Å². The van der Waals surface area contributed by atoms with Gasteiger partial charge in [-0.1, -0.05) is 54.1 Å². The second kappa shape index (κ2) is 5.13. The number of nitrogens with zero attached hydrogens (tertiary/aromatic N) is 1. The van der Waals surface area contributed by atoms with E-state index in [0.717, 1.165) is 11.1 Å². The van der Waals surface area contributed by atoms with Gasteiger partial charge in [0.25, 0.3) is 0 Å². The highest BCUT2D eigenvalue weighted by molar-refractivity contribution is 7.89. The molecule has 3 nitrogen and oxygen atoms in total. The Morgan fingerprint density at radius 2 is 1.67 bits per heavy atom. The summed E-state index contributed by atoms with van der Waals surface area (Å²) in [6, 6.07) is 16.3. The first-order chi connectivity index (χ1) is 10.1. The summed E-state index contributed by atoms with van der Waals surface area (Å²) < 4.78 is 27.0. The summed E-state index contributed by atoms with van der Waals surface area (Å²) in [5.41, 5.74) is 2.04. The third-order valence-electron chi connectivity index (χ3n) is 3.78. The number of aryl methyl sites for hydroxylation is 1. The number of sulfonamides is 1. The van der Waals surface area contributed by atoms with Crippen molar-refractivity contribution in [3.63, 3.8) is 0 Å². The van der Waals surface area contributed by atoms with E-state index in [4.69, 9.17) is 0 Å². The predicted octanol–water partition coefficient (Wildman–Crippen LogP) is 3.30. The van der Waals surface area contributed by atoms with Gasteiger partial charge in [-0.15, -0.1) is 6.58 Å². The number of hydrogen-bond acceptors (Lipinski definition) is 2. The van der Waals surface area contributed by atoms with E-state index in [1.54, 1.807) is 18.2 Å². The molecule has 0 aliphatic carbocycles. The molecule has 1 heterocycles. The van der Waals surface area contributed by atoms with Crippen LogP contribution in [0.5, 0.6) is 0 Å². The highest BCUT2D eigenvalue weighted by Crippen LogP contribution is 2.47. The van der Waals surface area contributed by atoms with E-state index in [9.17, 15) is 8.42 Å². The van der Waals surface area contributed by atoms with Crippen LogP contribution in [0.4, 0.5) is 0 Å². The van der Waals surface area contributed by atoms with Crippen molar-refractivity contribution in [2.75, 3.05) is 0 Å². The monoisotopic (exact) mass is 299 g/mol. The molecule has 21 heavy (non-hydrogen) atoms. The van der Waals surface area contributed by atoms with Crippen LogP contribution in [0.1, 0.15) is 17.2 Å². The Morgan fingerprint density at radius 3 is 2.24 bits per heavy atom. The zero-order valence-electron chi connectivity index (χ0n) is 11.8. The standard InChI is InChI=1S/C17H17NO2S/c1-3-16-17(14-7-5-4-6-8-14)18(16)21(19,20)15-11-9-13(2)10-12-15/h3-12,16-17H,1H2,2H3/t16-,17-,18?/m0/s1. The van der Waals surface area contributed by atoms with Crippen molar-refractivity contribution < 1.29 is 8.42 Å². The summed E-state index contributed by atoms with van der Waals surface area (Å²) in [6.45, 7) is 5.70. The maximum atomic E-state index is 12.7. The van der Waals surface area contributed by atoms with Crippen LogP contribution >= 0.6 is 0 Å². The molecular formula is C17H17NO2S. The van der Waals surface area contributed by atoms with Gasteiger partial charge in [-0.05, 0) is 24.6 Å². The Balaban J connectivity index is 1.96. The second-order valence-corrected chi connectivity index (χ2v) is 7.07. The van der Waals surface area contributed by atoms with Crippen molar-refractivity contribution >= 4 is 10.0 Å². The molecule has 2 aromatic rings. The molecule has 0 aromatic heterocycles. The molecule has 3 atom stereocenters. The predicted molar refractivity (Wildman–Crippen MR) is 83.4 cm³/mol. The molecule has 1 aliphatic heterocycles. The summed E-state index contributed by atoms with van der Waals surface area (Å²) in [7, 11) is -3.48. The molecule has 0 amide bonds. The summed E-state index contributed by atoms with van der Waals surface area (Å²) in [5.74, 6) is 0. The Bertz CT molecular complexity index is 751. The molecule has 108 valence electrons. The van der Waals surface area contributed by atoms with Crippen molar-refractivity contribution in [2.24, 2.45) is 0 Å². The Labute approximate surface area is 125 Å². The Hall–Kier alpha value is -1.91. The van der Waals surface area contributed by atoms with Gasteiger partial charge in [0.2, 0.25) is 10.0 Å². The number of hydrogen-bond donors (Lipinski definition) is 0. The van der Waals surface area contributed by atoms with Crippen molar-refractivity contribution in [2.45, 2.75) is 23.9 Å². The SMILES string of the molecule is C=C[C@H]1[C@H](c2ccccc2)N1S(=O)(=O)c1ccc(C)cc1. The maximum Gasteiger partial charge on any atom is 0.244 e. The third kappa shape index (κ3) is 2.41. The van der Waals surface area contributed by atoms with Gasteiger partial charge in [-0.25, -0.2) is 8.42 Å². The minimum absolute atomic E-state index is 0.144. The van der Waals surface area contributed by atoms with Crippen molar-refractivity contribution in [1.29, 1.82) is 0 Å². The molecule has 0 saturated carbocycles. The molecule has 0 bridgehead atoms. The van der Waals surface area contributed by atoms with E-state index in [-0.39, 0.29) is 12.1 Å². The smallest absolute Gasteiger partial charge is 0.207 e. The lowest BCUT2D eigenvalue weighted by Gasteiger charge is -2.07. The first-order valence-corrected chi connectivity index (χ1v) is 8.27. The fourth-order valence-corrected chi connectivity index (χ4v) is 4.33. The minimum Gasteiger partial charge on any atom is -0.207 e. The molecule has 1 unspecified atom stereocenters. The van der Waals surface area contributed by atoms with Crippen molar-refractivity contribution in [3.05, 3.63) is 78.4 Å². The molecule has 1 saturated heterocycles. The number of rotatable bonds is 4. The molecule has 0 spiro atoms. The van der Waals surface area contributed by atoms with Gasteiger partial charge in [-0.3, -0.25) is 0 Å². The quantitative estimate of drug-likeness (QED) is 0.641. The molecule has 3 rings (SSSR count). The Morgan fingerprint density at radius 1 is 1.05 bits per heavy atom. The molecule has 0 N–H and O–H groups in total.